The minimum Gasteiger partial charge on any atom is -0.356 e. The average molecular weight is 289 g/mol. The van der Waals surface area contributed by atoms with Gasteiger partial charge in [-0.1, -0.05) is 0 Å². The molecule has 112 valence electrons. The molecule has 21 heavy (non-hydrogen) atoms. The highest BCUT2D eigenvalue weighted by molar-refractivity contribution is 5.79. The number of aromatic nitrogens is 2. The van der Waals surface area contributed by atoms with Crippen LogP contribution in [-0.2, 0) is 9.53 Å². The van der Waals surface area contributed by atoms with Gasteiger partial charge in [0.15, 0.2) is 0 Å². The fraction of sp³-hybridized carbons (Fsp3) is 0.643. The van der Waals surface area contributed by atoms with Crippen LogP contribution in [0.25, 0.3) is 0 Å². The van der Waals surface area contributed by atoms with Crippen molar-refractivity contribution in [1.82, 2.24) is 20.2 Å². The Labute approximate surface area is 123 Å². The zero-order valence-corrected chi connectivity index (χ0v) is 11.9. The second-order valence-electron chi connectivity index (χ2n) is 5.96. The molecule has 3 aliphatic rings. The van der Waals surface area contributed by atoms with Gasteiger partial charge >= 0.3 is 0 Å². The van der Waals surface area contributed by atoms with Crippen molar-refractivity contribution in [2.45, 2.75) is 24.7 Å². The molecule has 0 bridgehead atoms. The first kappa shape index (κ1) is 13.0. The van der Waals surface area contributed by atoms with Crippen LogP contribution >= 0.6 is 0 Å². The smallest absolute Gasteiger partial charge is 0.238 e. The maximum atomic E-state index is 11.9. The molecule has 0 saturated carbocycles. The van der Waals surface area contributed by atoms with Gasteiger partial charge in [-0.3, -0.25) is 4.79 Å². The molecule has 1 amide bonds. The first-order valence-electron chi connectivity index (χ1n) is 7.45. The molecule has 3 saturated heterocycles. The molecule has 7 heteroatoms. The summed E-state index contributed by atoms with van der Waals surface area (Å²) in [5.41, 5.74) is -0.171. The monoisotopic (exact) mass is 289 g/mol. The van der Waals surface area contributed by atoms with Crippen LogP contribution in [0.4, 0.5) is 5.82 Å². The quantitative estimate of drug-likeness (QED) is 0.759. The third kappa shape index (κ3) is 2.26. The van der Waals surface area contributed by atoms with Crippen LogP contribution in [0.15, 0.2) is 18.6 Å². The van der Waals surface area contributed by atoms with E-state index in [2.05, 4.69) is 20.2 Å². The van der Waals surface area contributed by atoms with Crippen LogP contribution in [0.3, 0.4) is 0 Å². The van der Waals surface area contributed by atoms with Crippen molar-refractivity contribution in [3.63, 3.8) is 0 Å². The summed E-state index contributed by atoms with van der Waals surface area (Å²) in [6.45, 7) is 3.71. The summed E-state index contributed by atoms with van der Waals surface area (Å²) in [6, 6.07) is 1.93. The molecule has 4 rings (SSSR count). The van der Waals surface area contributed by atoms with E-state index in [0.717, 1.165) is 44.8 Å². The summed E-state index contributed by atoms with van der Waals surface area (Å²) in [5, 5.41) is 3.12. The zero-order valence-electron chi connectivity index (χ0n) is 11.9. The number of nitrogens with one attached hydrogen (secondary N) is 1. The first-order valence-corrected chi connectivity index (χ1v) is 7.45. The van der Waals surface area contributed by atoms with Gasteiger partial charge in [0.25, 0.3) is 0 Å². The van der Waals surface area contributed by atoms with E-state index in [1.54, 1.807) is 12.5 Å². The molecule has 3 fully saturated rings. The zero-order chi connectivity index (χ0) is 14.3. The molecule has 4 heterocycles. The molecular weight excluding hydrogens is 270 g/mol. The largest absolute Gasteiger partial charge is 0.356 e. The maximum Gasteiger partial charge on any atom is 0.238 e. The van der Waals surface area contributed by atoms with E-state index in [1.165, 1.54) is 0 Å². The van der Waals surface area contributed by atoms with Gasteiger partial charge < -0.3 is 19.9 Å². The van der Waals surface area contributed by atoms with Crippen LogP contribution in [0.5, 0.6) is 0 Å². The molecule has 1 unspecified atom stereocenters. The maximum absolute atomic E-state index is 11.9. The summed E-state index contributed by atoms with van der Waals surface area (Å²) in [6.07, 6.45) is 5.12. The molecule has 1 spiro atoms. The molecule has 1 N–H and O–H groups in total. The fourth-order valence-corrected chi connectivity index (χ4v) is 3.50. The minimum atomic E-state index is -0.171. The van der Waals surface area contributed by atoms with Crippen LogP contribution in [-0.4, -0.2) is 65.3 Å². The van der Waals surface area contributed by atoms with Crippen molar-refractivity contribution < 1.29 is 9.53 Å². The van der Waals surface area contributed by atoms with Gasteiger partial charge in [-0.2, -0.15) is 0 Å². The van der Waals surface area contributed by atoms with Crippen molar-refractivity contribution in [3.8, 4) is 0 Å². The Bertz CT molecular complexity index is 529. The number of piperazine rings is 1. The van der Waals surface area contributed by atoms with E-state index in [1.807, 2.05) is 11.0 Å². The Balaban J connectivity index is 1.44. The topological polar surface area (TPSA) is 70.6 Å². The summed E-state index contributed by atoms with van der Waals surface area (Å²) in [4.78, 5) is 24.4. The molecule has 0 aliphatic carbocycles. The van der Waals surface area contributed by atoms with Crippen LogP contribution in [0.1, 0.15) is 12.8 Å². The molecule has 7 nitrogen and oxygen atoms in total. The Hall–Kier alpha value is -1.73. The lowest BCUT2D eigenvalue weighted by Gasteiger charge is -2.38. The van der Waals surface area contributed by atoms with Gasteiger partial charge in [0.1, 0.15) is 18.4 Å². The van der Waals surface area contributed by atoms with Crippen LogP contribution in [0.2, 0.25) is 0 Å². The predicted octanol–water partition coefficient (Wildman–Crippen LogP) is -0.396. The summed E-state index contributed by atoms with van der Waals surface area (Å²) >= 11 is 0. The molecule has 0 aromatic carbocycles. The van der Waals surface area contributed by atoms with E-state index in [4.69, 9.17) is 4.74 Å². The fourth-order valence-electron chi connectivity index (χ4n) is 3.50. The van der Waals surface area contributed by atoms with E-state index >= 15 is 0 Å². The lowest BCUT2D eigenvalue weighted by Crippen LogP contribution is -2.52. The number of amides is 1. The molecule has 3 aliphatic heterocycles. The highest BCUT2D eigenvalue weighted by Gasteiger charge is 2.49. The number of hydrogen-bond acceptors (Lipinski definition) is 6. The third-order valence-electron chi connectivity index (χ3n) is 4.67. The number of nitrogens with zero attached hydrogens (tertiary/aromatic N) is 4. The second-order valence-corrected chi connectivity index (χ2v) is 5.96. The summed E-state index contributed by atoms with van der Waals surface area (Å²) < 4.78 is 6.23. The van der Waals surface area contributed by atoms with Crippen LogP contribution < -0.4 is 10.2 Å². The standard InChI is InChI=1S/C14H19N5O2/c20-12-7-16-8-13-19(12)9-14(21-13)2-5-18(6-3-14)11-1-4-15-10-17-11/h1,4,10,13,16H,2-3,5-9H2. The lowest BCUT2D eigenvalue weighted by molar-refractivity contribution is -0.140. The number of hydrogen-bond donors (Lipinski definition) is 1. The third-order valence-corrected chi connectivity index (χ3v) is 4.67. The molecule has 1 aromatic heterocycles. The van der Waals surface area contributed by atoms with Crippen molar-refractivity contribution >= 4 is 11.7 Å². The SMILES string of the molecule is O=C1CNCC2OC3(CCN(c4ccncn4)CC3)CN12. The Morgan fingerprint density at radius 1 is 1.38 bits per heavy atom. The molecular formula is C14H19N5O2. The molecule has 1 atom stereocenters. The number of carbonyl (C=O) groups is 1. The Morgan fingerprint density at radius 3 is 2.95 bits per heavy atom. The van der Waals surface area contributed by atoms with Crippen molar-refractivity contribution in [2.75, 3.05) is 37.6 Å². The van der Waals surface area contributed by atoms with Gasteiger partial charge in [-0.15, -0.1) is 0 Å². The minimum absolute atomic E-state index is 0.0862. The van der Waals surface area contributed by atoms with E-state index in [0.29, 0.717) is 6.54 Å². The van der Waals surface area contributed by atoms with Gasteiger partial charge in [0.05, 0.1) is 18.7 Å². The van der Waals surface area contributed by atoms with Gasteiger partial charge in [0.2, 0.25) is 5.91 Å². The predicted molar refractivity (Wildman–Crippen MR) is 75.7 cm³/mol. The number of rotatable bonds is 1. The number of carbonyl (C=O) groups excluding carboxylic acids is 1. The normalized spacial score (nSPS) is 28.0. The van der Waals surface area contributed by atoms with E-state index in [-0.39, 0.29) is 17.7 Å². The molecule has 1 aromatic rings. The Morgan fingerprint density at radius 2 is 2.24 bits per heavy atom. The number of fused-ring (bicyclic) bond motifs is 1. The van der Waals surface area contributed by atoms with Crippen molar-refractivity contribution in [3.05, 3.63) is 18.6 Å². The van der Waals surface area contributed by atoms with Gasteiger partial charge in [-0.05, 0) is 18.9 Å². The lowest BCUT2D eigenvalue weighted by atomic mass is 9.91. The second kappa shape index (κ2) is 4.92. The van der Waals surface area contributed by atoms with Crippen LogP contribution in [0, 0.1) is 0 Å². The molecule has 0 radical (unpaired) electrons. The summed E-state index contributed by atoms with van der Waals surface area (Å²) in [7, 11) is 0. The highest BCUT2D eigenvalue weighted by Crippen LogP contribution is 2.36. The van der Waals surface area contributed by atoms with E-state index in [9.17, 15) is 4.79 Å². The first-order chi connectivity index (χ1) is 10.3. The summed E-state index contributed by atoms with van der Waals surface area (Å²) in [5.74, 6) is 1.12. The number of ether oxygens (including phenoxy) is 1. The van der Waals surface area contributed by atoms with E-state index < -0.39 is 0 Å². The number of anilines is 1. The van der Waals surface area contributed by atoms with Crippen molar-refractivity contribution in [1.29, 1.82) is 0 Å². The highest BCUT2D eigenvalue weighted by atomic mass is 16.5. The average Bonchev–Trinajstić information content (AvgIpc) is 2.88. The Kier molecular flexibility index (Phi) is 3.04. The van der Waals surface area contributed by atoms with Gasteiger partial charge in [-0.25, -0.2) is 9.97 Å². The van der Waals surface area contributed by atoms with Gasteiger partial charge in [0, 0.05) is 25.8 Å². The number of piperidine rings is 1. The van der Waals surface area contributed by atoms with Crippen molar-refractivity contribution in [2.24, 2.45) is 0 Å².